The van der Waals surface area contributed by atoms with Gasteiger partial charge < -0.3 is 9.47 Å². The highest BCUT2D eigenvalue weighted by molar-refractivity contribution is 7.89. The summed E-state index contributed by atoms with van der Waals surface area (Å²) in [5, 5.41) is 0. The predicted octanol–water partition coefficient (Wildman–Crippen LogP) is 1.92. The van der Waals surface area contributed by atoms with Crippen LogP contribution in [0, 0.1) is 11.8 Å². The molecule has 1 heterocycles. The van der Waals surface area contributed by atoms with E-state index in [9.17, 15) is 8.42 Å². The molecule has 0 aromatic heterocycles. The Morgan fingerprint density at radius 1 is 1.05 bits per heavy atom. The van der Waals surface area contributed by atoms with Gasteiger partial charge in [-0.2, -0.15) is 0 Å². The first-order valence-corrected chi connectivity index (χ1v) is 9.02. The SMILES string of the molecule is O=S(=O)(N[C@@H]1C[C@@H]2CC[C@H]1C2)c1ccc2c(c1)OCCO2. The maximum absolute atomic E-state index is 12.5. The van der Waals surface area contributed by atoms with E-state index in [-0.39, 0.29) is 10.9 Å². The van der Waals surface area contributed by atoms with Crippen LogP contribution in [0.3, 0.4) is 0 Å². The second-order valence-corrected chi connectivity index (χ2v) is 7.92. The Kier molecular flexibility index (Phi) is 3.11. The first-order valence-electron chi connectivity index (χ1n) is 7.54. The Hall–Kier alpha value is -1.27. The van der Waals surface area contributed by atoms with Crippen molar-refractivity contribution < 1.29 is 17.9 Å². The van der Waals surface area contributed by atoms with Gasteiger partial charge in [0.25, 0.3) is 0 Å². The van der Waals surface area contributed by atoms with Crippen molar-refractivity contribution in [1.29, 1.82) is 0 Å². The number of ether oxygens (including phenoxy) is 2. The van der Waals surface area contributed by atoms with Gasteiger partial charge >= 0.3 is 0 Å². The molecule has 0 saturated heterocycles. The molecule has 6 heteroatoms. The summed E-state index contributed by atoms with van der Waals surface area (Å²) in [7, 11) is -3.49. The molecule has 2 saturated carbocycles. The van der Waals surface area contributed by atoms with Crippen molar-refractivity contribution in [3.63, 3.8) is 0 Å². The van der Waals surface area contributed by atoms with Gasteiger partial charge in [-0.3, -0.25) is 0 Å². The molecule has 1 aromatic rings. The molecule has 2 bridgehead atoms. The van der Waals surface area contributed by atoms with E-state index in [4.69, 9.17) is 9.47 Å². The summed E-state index contributed by atoms with van der Waals surface area (Å²) in [6, 6.07) is 4.92. The van der Waals surface area contributed by atoms with Crippen molar-refractivity contribution in [3.05, 3.63) is 18.2 Å². The first-order chi connectivity index (χ1) is 10.1. The van der Waals surface area contributed by atoms with Gasteiger partial charge in [-0.1, -0.05) is 6.42 Å². The molecule has 1 N–H and O–H groups in total. The minimum absolute atomic E-state index is 0.0990. The minimum Gasteiger partial charge on any atom is -0.486 e. The molecule has 21 heavy (non-hydrogen) atoms. The minimum atomic E-state index is -3.49. The van der Waals surface area contributed by atoms with Crippen LogP contribution in [0.2, 0.25) is 0 Å². The standard InChI is InChI=1S/C15H19NO4S/c17-21(18,16-13-8-10-1-2-11(13)7-10)12-3-4-14-15(9-12)20-6-5-19-14/h3-4,9-11,13,16H,1-2,5-8H2/t10-,11+,13-/m1/s1. The molecular formula is C15H19NO4S. The van der Waals surface area contributed by atoms with Crippen LogP contribution in [-0.2, 0) is 10.0 Å². The monoisotopic (exact) mass is 309 g/mol. The molecule has 3 atom stereocenters. The number of fused-ring (bicyclic) bond motifs is 3. The van der Waals surface area contributed by atoms with Gasteiger partial charge in [0.15, 0.2) is 11.5 Å². The van der Waals surface area contributed by atoms with Crippen molar-refractivity contribution >= 4 is 10.0 Å². The summed E-state index contributed by atoms with van der Waals surface area (Å²) in [6.45, 7) is 0.957. The van der Waals surface area contributed by atoms with Crippen LogP contribution >= 0.6 is 0 Å². The van der Waals surface area contributed by atoms with Crippen LogP contribution in [0.4, 0.5) is 0 Å². The van der Waals surface area contributed by atoms with E-state index in [2.05, 4.69) is 4.72 Å². The predicted molar refractivity (Wildman–Crippen MR) is 77.0 cm³/mol. The largest absolute Gasteiger partial charge is 0.486 e. The number of benzene rings is 1. The zero-order valence-corrected chi connectivity index (χ0v) is 12.6. The third-order valence-electron chi connectivity index (χ3n) is 4.87. The quantitative estimate of drug-likeness (QED) is 0.926. The van der Waals surface area contributed by atoms with Gasteiger partial charge in [-0.15, -0.1) is 0 Å². The summed E-state index contributed by atoms with van der Waals surface area (Å²) in [5.74, 6) is 2.35. The van der Waals surface area contributed by atoms with Crippen LogP contribution < -0.4 is 14.2 Å². The summed E-state index contributed by atoms with van der Waals surface area (Å²) < 4.78 is 38.9. The molecule has 3 aliphatic rings. The Morgan fingerprint density at radius 2 is 1.86 bits per heavy atom. The molecule has 0 radical (unpaired) electrons. The number of nitrogens with one attached hydrogen (secondary N) is 1. The maximum Gasteiger partial charge on any atom is 0.240 e. The average molecular weight is 309 g/mol. The van der Waals surface area contributed by atoms with E-state index < -0.39 is 10.0 Å². The second kappa shape index (κ2) is 4.88. The van der Waals surface area contributed by atoms with Crippen LogP contribution in [0.25, 0.3) is 0 Å². The molecule has 1 aromatic carbocycles. The molecule has 0 spiro atoms. The van der Waals surface area contributed by atoms with Crippen molar-refractivity contribution in [2.45, 2.75) is 36.6 Å². The lowest BCUT2D eigenvalue weighted by Crippen LogP contribution is -2.38. The molecule has 0 unspecified atom stereocenters. The molecule has 2 fully saturated rings. The Bertz CT molecular complexity index is 658. The summed E-state index contributed by atoms with van der Waals surface area (Å²) in [5.41, 5.74) is 0. The smallest absolute Gasteiger partial charge is 0.240 e. The van der Waals surface area contributed by atoms with Gasteiger partial charge in [-0.25, -0.2) is 13.1 Å². The van der Waals surface area contributed by atoms with Crippen molar-refractivity contribution in [2.24, 2.45) is 11.8 Å². The van der Waals surface area contributed by atoms with Crippen LogP contribution in [-0.4, -0.2) is 27.7 Å². The highest BCUT2D eigenvalue weighted by Crippen LogP contribution is 2.45. The molecule has 5 nitrogen and oxygen atoms in total. The van der Waals surface area contributed by atoms with Gasteiger partial charge in [-0.05, 0) is 43.2 Å². The van der Waals surface area contributed by atoms with Crippen LogP contribution in [0.5, 0.6) is 11.5 Å². The number of hydrogen-bond donors (Lipinski definition) is 1. The summed E-state index contributed by atoms with van der Waals surface area (Å²) >= 11 is 0. The van der Waals surface area contributed by atoms with Crippen molar-refractivity contribution in [1.82, 2.24) is 4.72 Å². The Morgan fingerprint density at radius 3 is 2.57 bits per heavy atom. The van der Waals surface area contributed by atoms with E-state index in [0.29, 0.717) is 36.5 Å². The summed E-state index contributed by atoms with van der Waals surface area (Å²) in [4.78, 5) is 0.259. The van der Waals surface area contributed by atoms with Gasteiger partial charge in [0.2, 0.25) is 10.0 Å². The van der Waals surface area contributed by atoms with E-state index in [1.165, 1.54) is 12.8 Å². The fraction of sp³-hybridized carbons (Fsp3) is 0.600. The topological polar surface area (TPSA) is 64.6 Å². The van der Waals surface area contributed by atoms with Gasteiger partial charge in [0.05, 0.1) is 4.90 Å². The number of rotatable bonds is 3. The normalized spacial score (nSPS) is 30.6. The molecule has 4 rings (SSSR count). The van der Waals surface area contributed by atoms with E-state index in [1.807, 2.05) is 0 Å². The fourth-order valence-corrected chi connectivity index (χ4v) is 5.18. The molecule has 2 aliphatic carbocycles. The maximum atomic E-state index is 12.5. The lowest BCUT2D eigenvalue weighted by atomic mass is 9.96. The highest BCUT2D eigenvalue weighted by Gasteiger charge is 2.41. The molecule has 1 aliphatic heterocycles. The van der Waals surface area contributed by atoms with Gasteiger partial charge in [0.1, 0.15) is 13.2 Å². The van der Waals surface area contributed by atoms with E-state index in [1.54, 1.807) is 18.2 Å². The van der Waals surface area contributed by atoms with Crippen LogP contribution in [0.15, 0.2) is 23.1 Å². The van der Waals surface area contributed by atoms with E-state index >= 15 is 0 Å². The molecule has 0 amide bonds. The zero-order chi connectivity index (χ0) is 14.4. The third kappa shape index (κ3) is 2.40. The fourth-order valence-electron chi connectivity index (χ4n) is 3.85. The average Bonchev–Trinajstić information content (AvgIpc) is 3.09. The zero-order valence-electron chi connectivity index (χ0n) is 11.7. The third-order valence-corrected chi connectivity index (χ3v) is 6.36. The van der Waals surface area contributed by atoms with Crippen molar-refractivity contribution in [3.8, 4) is 11.5 Å². The number of hydrogen-bond acceptors (Lipinski definition) is 4. The second-order valence-electron chi connectivity index (χ2n) is 6.21. The lowest BCUT2D eigenvalue weighted by molar-refractivity contribution is 0.171. The van der Waals surface area contributed by atoms with Crippen molar-refractivity contribution in [2.75, 3.05) is 13.2 Å². The molecule has 114 valence electrons. The Labute approximate surface area is 124 Å². The van der Waals surface area contributed by atoms with E-state index in [0.717, 1.165) is 12.8 Å². The van der Waals surface area contributed by atoms with Crippen LogP contribution in [0.1, 0.15) is 25.7 Å². The highest BCUT2D eigenvalue weighted by atomic mass is 32.2. The van der Waals surface area contributed by atoms with Gasteiger partial charge in [0, 0.05) is 12.1 Å². The Balaban J connectivity index is 1.57. The number of sulfonamides is 1. The summed E-state index contributed by atoms with van der Waals surface area (Å²) in [6.07, 6.45) is 4.56. The molecular weight excluding hydrogens is 290 g/mol. The first kappa shape index (κ1) is 13.4. The lowest BCUT2D eigenvalue weighted by Gasteiger charge is -2.23.